The summed E-state index contributed by atoms with van der Waals surface area (Å²) >= 11 is 7.35. The summed E-state index contributed by atoms with van der Waals surface area (Å²) in [6.45, 7) is 0. The molecule has 120 valence electrons. The van der Waals surface area contributed by atoms with E-state index in [1.165, 1.54) is 11.3 Å². The monoisotopic (exact) mass is 357 g/mol. The van der Waals surface area contributed by atoms with Gasteiger partial charge in [-0.25, -0.2) is 4.98 Å². The van der Waals surface area contributed by atoms with Crippen LogP contribution in [0.2, 0.25) is 5.02 Å². The highest BCUT2D eigenvalue weighted by Gasteiger charge is 2.29. The van der Waals surface area contributed by atoms with E-state index in [-0.39, 0.29) is 5.91 Å². The third kappa shape index (κ3) is 2.98. The zero-order chi connectivity index (χ0) is 16.5. The molecule has 1 aliphatic rings. The van der Waals surface area contributed by atoms with Crippen molar-refractivity contribution in [1.82, 2.24) is 4.98 Å². The summed E-state index contributed by atoms with van der Waals surface area (Å²) in [5.74, 6) is -0.255. The topological polar surface area (TPSA) is 63.6 Å². The molecule has 7 heteroatoms. The Morgan fingerprint density at radius 2 is 2.08 bits per heavy atom. The van der Waals surface area contributed by atoms with E-state index in [4.69, 9.17) is 16.4 Å². The summed E-state index contributed by atoms with van der Waals surface area (Å²) in [6.07, 6.45) is -0.206. The van der Waals surface area contributed by atoms with E-state index in [2.05, 4.69) is 15.5 Å². The lowest BCUT2D eigenvalue weighted by Gasteiger charge is -2.06. The number of carbonyl (C=O) groups excluding carboxylic acids is 1. The molecule has 0 radical (unpaired) electrons. The molecular formula is C17H12ClN3O2S. The fourth-order valence-corrected chi connectivity index (χ4v) is 3.47. The molecule has 0 saturated carbocycles. The van der Waals surface area contributed by atoms with Crippen LogP contribution in [-0.2, 0) is 9.63 Å². The van der Waals surface area contributed by atoms with Crippen LogP contribution in [0.25, 0.3) is 10.2 Å². The Labute approximate surface area is 146 Å². The first kappa shape index (κ1) is 15.1. The molecule has 3 aromatic rings. The number of oxime groups is 1. The van der Waals surface area contributed by atoms with E-state index in [0.717, 1.165) is 21.5 Å². The summed E-state index contributed by atoms with van der Waals surface area (Å²) in [5.41, 5.74) is 2.49. The van der Waals surface area contributed by atoms with Crippen molar-refractivity contribution in [2.24, 2.45) is 5.16 Å². The number of amides is 1. The number of carbonyl (C=O) groups is 1. The van der Waals surface area contributed by atoms with Gasteiger partial charge in [0.2, 0.25) is 6.10 Å². The molecule has 0 fully saturated rings. The van der Waals surface area contributed by atoms with Gasteiger partial charge in [0, 0.05) is 11.4 Å². The van der Waals surface area contributed by atoms with Crippen LogP contribution < -0.4 is 5.32 Å². The first-order valence-electron chi connectivity index (χ1n) is 7.34. The number of halogens is 1. The van der Waals surface area contributed by atoms with E-state index in [1.807, 2.05) is 36.4 Å². The number of anilines is 1. The van der Waals surface area contributed by atoms with Crippen molar-refractivity contribution < 1.29 is 9.63 Å². The normalized spacial score (nSPS) is 16.7. The average Bonchev–Trinajstić information content (AvgIpc) is 3.22. The van der Waals surface area contributed by atoms with Crippen LogP contribution in [0.4, 0.5) is 5.13 Å². The van der Waals surface area contributed by atoms with Gasteiger partial charge >= 0.3 is 0 Å². The van der Waals surface area contributed by atoms with Crippen LogP contribution in [0, 0.1) is 0 Å². The number of rotatable bonds is 3. The summed E-state index contributed by atoms with van der Waals surface area (Å²) in [7, 11) is 0. The lowest BCUT2D eigenvalue weighted by molar-refractivity contribution is -0.125. The van der Waals surface area contributed by atoms with Crippen LogP contribution in [0.5, 0.6) is 0 Å². The molecular weight excluding hydrogens is 346 g/mol. The largest absolute Gasteiger partial charge is 0.382 e. The van der Waals surface area contributed by atoms with Gasteiger partial charge in [0.05, 0.1) is 15.9 Å². The fraction of sp³-hybridized carbons (Fsp3) is 0.118. The number of fused-ring (bicyclic) bond motifs is 1. The van der Waals surface area contributed by atoms with Crippen LogP contribution in [0.15, 0.2) is 53.7 Å². The highest BCUT2D eigenvalue weighted by atomic mass is 35.5. The minimum atomic E-state index is -0.643. The Morgan fingerprint density at radius 3 is 2.92 bits per heavy atom. The van der Waals surface area contributed by atoms with Gasteiger partial charge in [0.1, 0.15) is 0 Å². The van der Waals surface area contributed by atoms with Gasteiger partial charge in [-0.05, 0) is 23.8 Å². The maximum atomic E-state index is 12.4. The fourth-order valence-electron chi connectivity index (χ4n) is 2.46. The summed E-state index contributed by atoms with van der Waals surface area (Å²) in [5, 5.41) is 7.96. The van der Waals surface area contributed by atoms with E-state index in [9.17, 15) is 4.79 Å². The summed E-state index contributed by atoms with van der Waals surface area (Å²) < 4.78 is 0.961. The van der Waals surface area contributed by atoms with Gasteiger partial charge in [-0.1, -0.05) is 58.4 Å². The molecule has 0 saturated heterocycles. The highest BCUT2D eigenvalue weighted by Crippen LogP contribution is 2.28. The second kappa shape index (κ2) is 6.22. The molecule has 2 aromatic carbocycles. The molecule has 1 aromatic heterocycles. The van der Waals surface area contributed by atoms with Gasteiger partial charge < -0.3 is 4.84 Å². The third-order valence-corrected chi connectivity index (χ3v) is 4.84. The molecule has 1 atom stereocenters. The van der Waals surface area contributed by atoms with Crippen LogP contribution in [-0.4, -0.2) is 22.7 Å². The zero-order valence-electron chi connectivity index (χ0n) is 12.4. The molecule has 1 unspecified atom stereocenters. The second-order valence-corrected chi connectivity index (χ2v) is 6.79. The quantitative estimate of drug-likeness (QED) is 0.768. The van der Waals surface area contributed by atoms with Crippen molar-refractivity contribution in [1.29, 1.82) is 0 Å². The van der Waals surface area contributed by atoms with Gasteiger partial charge in [-0.2, -0.15) is 0 Å². The van der Waals surface area contributed by atoms with Crippen molar-refractivity contribution >= 4 is 49.9 Å². The number of nitrogens with zero attached hydrogens (tertiary/aromatic N) is 2. The molecule has 1 N–H and O–H groups in total. The summed E-state index contributed by atoms with van der Waals surface area (Å²) in [6, 6.07) is 15.1. The van der Waals surface area contributed by atoms with E-state index in [0.29, 0.717) is 16.6 Å². The van der Waals surface area contributed by atoms with E-state index < -0.39 is 6.10 Å². The lowest BCUT2D eigenvalue weighted by Crippen LogP contribution is -2.27. The van der Waals surface area contributed by atoms with Crippen molar-refractivity contribution in [3.63, 3.8) is 0 Å². The van der Waals surface area contributed by atoms with Crippen LogP contribution in [0.3, 0.4) is 0 Å². The molecule has 2 heterocycles. The molecule has 5 nitrogen and oxygen atoms in total. The van der Waals surface area contributed by atoms with Gasteiger partial charge in [-0.3, -0.25) is 10.1 Å². The number of hydrogen-bond donors (Lipinski definition) is 1. The summed E-state index contributed by atoms with van der Waals surface area (Å²) in [4.78, 5) is 22.0. The predicted octanol–water partition coefficient (Wildman–Crippen LogP) is 4.08. The number of aromatic nitrogens is 1. The average molecular weight is 358 g/mol. The second-order valence-electron chi connectivity index (χ2n) is 5.32. The number of hydrogen-bond acceptors (Lipinski definition) is 5. The first-order chi connectivity index (χ1) is 11.7. The Hall–Kier alpha value is -2.44. The lowest BCUT2D eigenvalue weighted by atomic mass is 10.1. The van der Waals surface area contributed by atoms with Crippen LogP contribution in [0.1, 0.15) is 12.0 Å². The van der Waals surface area contributed by atoms with Crippen LogP contribution >= 0.6 is 22.9 Å². The molecule has 4 rings (SSSR count). The first-order valence-corrected chi connectivity index (χ1v) is 8.53. The number of thiazole rings is 1. The highest BCUT2D eigenvalue weighted by molar-refractivity contribution is 7.22. The molecule has 24 heavy (non-hydrogen) atoms. The van der Waals surface area contributed by atoms with Crippen molar-refractivity contribution in [3.05, 3.63) is 59.1 Å². The smallest absolute Gasteiger partial charge is 0.270 e. The minimum absolute atomic E-state index is 0.255. The molecule has 0 aliphatic carbocycles. The Kier molecular flexibility index (Phi) is 3.92. The predicted molar refractivity (Wildman–Crippen MR) is 95.7 cm³/mol. The molecule has 0 spiro atoms. The SMILES string of the molecule is O=C(Nc1nc2cc(Cl)ccc2s1)C1CC(c2ccccc2)=NO1. The van der Waals surface area contributed by atoms with Gasteiger partial charge in [0.25, 0.3) is 5.91 Å². The Balaban J connectivity index is 1.45. The molecule has 1 aliphatic heterocycles. The van der Waals surface area contributed by atoms with Crippen molar-refractivity contribution in [2.45, 2.75) is 12.5 Å². The maximum absolute atomic E-state index is 12.4. The Morgan fingerprint density at radius 1 is 1.25 bits per heavy atom. The Bertz CT molecular complexity index is 939. The zero-order valence-corrected chi connectivity index (χ0v) is 14.0. The van der Waals surface area contributed by atoms with Crippen molar-refractivity contribution in [2.75, 3.05) is 5.32 Å². The van der Waals surface area contributed by atoms with Gasteiger partial charge in [-0.15, -0.1) is 0 Å². The molecule has 1 amide bonds. The molecule has 0 bridgehead atoms. The number of nitrogens with one attached hydrogen (secondary N) is 1. The standard InChI is InChI=1S/C17H12ClN3O2S/c18-11-6-7-15-13(8-11)19-17(24-15)20-16(22)14-9-12(21-23-14)10-4-2-1-3-5-10/h1-8,14H,9H2,(H,19,20,22). The maximum Gasteiger partial charge on any atom is 0.270 e. The minimum Gasteiger partial charge on any atom is -0.382 e. The number of benzene rings is 2. The third-order valence-electron chi connectivity index (χ3n) is 3.65. The van der Waals surface area contributed by atoms with Crippen molar-refractivity contribution in [3.8, 4) is 0 Å². The van der Waals surface area contributed by atoms with E-state index >= 15 is 0 Å². The van der Waals surface area contributed by atoms with Gasteiger partial charge in [0.15, 0.2) is 5.13 Å². The van der Waals surface area contributed by atoms with E-state index in [1.54, 1.807) is 12.1 Å².